The maximum absolute atomic E-state index is 14.2. The van der Waals surface area contributed by atoms with Gasteiger partial charge in [0.05, 0.1) is 5.69 Å². The Morgan fingerprint density at radius 3 is 1.80 bits per heavy atom. The number of aryl methyl sites for hydroxylation is 2. The lowest BCUT2D eigenvalue weighted by molar-refractivity contribution is 0.0735. The molecule has 0 aliphatic carbocycles. The topological polar surface area (TPSA) is 86.8 Å². The van der Waals surface area contributed by atoms with Crippen LogP contribution in [0.15, 0.2) is 95.6 Å². The molecule has 1 N–H and O–H groups in total. The molecule has 2 aromatic heterocycles. The predicted molar refractivity (Wildman–Crippen MR) is 203 cm³/mol. The summed E-state index contributed by atoms with van der Waals surface area (Å²) < 4.78 is 7.53. The minimum absolute atomic E-state index is 0.0520. The Hall–Kier alpha value is -5.25. The fourth-order valence-electron chi connectivity index (χ4n) is 6.78. The molecule has 0 aliphatic rings. The molecule has 9 heteroatoms. The third-order valence-corrected chi connectivity index (χ3v) is 9.16. The number of carbonyl (C=O) groups excluding carboxylic acids is 2. The molecule has 0 unspecified atom stereocenters. The van der Waals surface area contributed by atoms with E-state index in [0.29, 0.717) is 41.5 Å². The molecule has 258 valence electrons. The van der Waals surface area contributed by atoms with E-state index < -0.39 is 0 Å². The molecular formula is C41H46N6O3. The summed E-state index contributed by atoms with van der Waals surface area (Å²) in [5.41, 5.74) is 4.97. The first kappa shape index (κ1) is 34.6. The van der Waals surface area contributed by atoms with Crippen molar-refractivity contribution in [2.45, 2.75) is 19.8 Å². The van der Waals surface area contributed by atoms with Crippen LogP contribution in [-0.2, 0) is 7.05 Å². The number of nitrogens with zero attached hydrogens (tertiary/aromatic N) is 5. The number of rotatable bonds is 13. The summed E-state index contributed by atoms with van der Waals surface area (Å²) in [4.78, 5) is 34.2. The molecule has 2 amide bonds. The summed E-state index contributed by atoms with van der Waals surface area (Å²) in [6.45, 7) is 4.86. The van der Waals surface area contributed by atoms with Gasteiger partial charge in [0.1, 0.15) is 22.7 Å². The van der Waals surface area contributed by atoms with Crippen molar-refractivity contribution in [1.29, 1.82) is 0 Å². The lowest BCUT2D eigenvalue weighted by Crippen LogP contribution is -2.36. The maximum Gasteiger partial charge on any atom is 0.270 e. The molecule has 0 aliphatic heterocycles. The summed E-state index contributed by atoms with van der Waals surface area (Å²) in [6.07, 6.45) is 3.53. The highest BCUT2D eigenvalue weighted by Gasteiger charge is 2.27. The average Bonchev–Trinajstić information content (AvgIpc) is 3.67. The van der Waals surface area contributed by atoms with Crippen molar-refractivity contribution in [1.82, 2.24) is 24.4 Å². The van der Waals surface area contributed by atoms with Crippen LogP contribution in [0.4, 0.5) is 5.69 Å². The standard InChI is InChI=1S/C41H46N6O3/c1-28-36(40(48)42-30-26-35(46(6)27-30)41(49)47(24-14-22-44(2)3)25-15-23-45(4)5)39(43-50-28)38-33-20-12-10-18-31(33)37(29-16-8-7-9-17-29)32-19-11-13-21-34(32)38/h7-13,16-21,26-27H,14-15,22-25H2,1-6H3,(H,42,48). The third-order valence-electron chi connectivity index (χ3n) is 9.16. The lowest BCUT2D eigenvalue weighted by Gasteiger charge is -2.24. The Bertz CT molecular complexity index is 2060. The summed E-state index contributed by atoms with van der Waals surface area (Å²) in [6, 6.07) is 28.6. The molecule has 0 atom stereocenters. The van der Waals surface area contributed by atoms with Crippen LogP contribution in [0.5, 0.6) is 0 Å². The van der Waals surface area contributed by atoms with Crippen LogP contribution in [0.2, 0.25) is 0 Å². The Morgan fingerprint density at radius 1 is 0.740 bits per heavy atom. The van der Waals surface area contributed by atoms with Gasteiger partial charge in [-0.25, -0.2) is 0 Å². The lowest BCUT2D eigenvalue weighted by atomic mass is 9.86. The number of fused-ring (bicyclic) bond motifs is 2. The molecule has 6 rings (SSSR count). The molecule has 0 saturated heterocycles. The molecule has 0 spiro atoms. The van der Waals surface area contributed by atoms with Crippen LogP contribution in [0, 0.1) is 6.92 Å². The SMILES string of the molecule is Cc1onc(-c2c3ccccc3c(-c3ccccc3)c3ccccc23)c1C(=O)Nc1cc(C(=O)N(CCCN(C)C)CCCN(C)C)n(C)c1. The minimum atomic E-state index is -0.350. The molecule has 2 heterocycles. The van der Waals surface area contributed by atoms with Gasteiger partial charge >= 0.3 is 0 Å². The van der Waals surface area contributed by atoms with Crippen molar-refractivity contribution >= 4 is 39.0 Å². The van der Waals surface area contributed by atoms with Gasteiger partial charge in [-0.05, 0) is 99.8 Å². The monoisotopic (exact) mass is 670 g/mol. The van der Waals surface area contributed by atoms with Crippen LogP contribution < -0.4 is 5.32 Å². The number of nitrogens with one attached hydrogen (secondary N) is 1. The normalized spacial score (nSPS) is 11.6. The van der Waals surface area contributed by atoms with Gasteiger partial charge in [0.15, 0.2) is 0 Å². The highest BCUT2D eigenvalue weighted by Crippen LogP contribution is 2.44. The van der Waals surface area contributed by atoms with Gasteiger partial charge in [0.25, 0.3) is 11.8 Å². The van der Waals surface area contributed by atoms with Crippen molar-refractivity contribution < 1.29 is 14.1 Å². The highest BCUT2D eigenvalue weighted by molar-refractivity contribution is 6.23. The van der Waals surface area contributed by atoms with Crippen LogP contribution in [0.25, 0.3) is 43.9 Å². The number of carbonyl (C=O) groups is 2. The Labute approximate surface area is 294 Å². The first-order valence-electron chi connectivity index (χ1n) is 17.2. The fraction of sp³-hybridized carbons (Fsp3) is 0.293. The number of anilines is 1. The van der Waals surface area contributed by atoms with Crippen molar-refractivity contribution in [3.8, 4) is 22.4 Å². The van der Waals surface area contributed by atoms with Gasteiger partial charge in [-0.2, -0.15) is 0 Å². The third kappa shape index (κ3) is 7.20. The van der Waals surface area contributed by atoms with E-state index in [4.69, 9.17) is 4.52 Å². The quantitative estimate of drug-likeness (QED) is 0.128. The van der Waals surface area contributed by atoms with Crippen molar-refractivity contribution in [3.05, 3.63) is 108 Å². The summed E-state index contributed by atoms with van der Waals surface area (Å²) in [5, 5.41) is 11.6. The predicted octanol–water partition coefficient (Wildman–Crippen LogP) is 7.56. The smallest absolute Gasteiger partial charge is 0.270 e. The van der Waals surface area contributed by atoms with Crippen LogP contribution in [0.1, 0.15) is 39.4 Å². The van der Waals surface area contributed by atoms with Crippen LogP contribution >= 0.6 is 0 Å². The van der Waals surface area contributed by atoms with Crippen molar-refractivity contribution in [3.63, 3.8) is 0 Å². The van der Waals surface area contributed by atoms with Gasteiger partial charge in [0.2, 0.25) is 0 Å². The molecule has 9 nitrogen and oxygen atoms in total. The average molecular weight is 671 g/mol. The Balaban J connectivity index is 1.35. The van der Waals surface area contributed by atoms with E-state index in [1.165, 1.54) is 0 Å². The molecule has 50 heavy (non-hydrogen) atoms. The number of hydrogen-bond acceptors (Lipinski definition) is 6. The zero-order valence-corrected chi connectivity index (χ0v) is 29.9. The number of aromatic nitrogens is 2. The maximum atomic E-state index is 14.2. The van der Waals surface area contributed by atoms with Gasteiger partial charge in [-0.1, -0.05) is 84.0 Å². The Kier molecular flexibility index (Phi) is 10.5. The second-order valence-electron chi connectivity index (χ2n) is 13.5. The van der Waals surface area contributed by atoms with E-state index in [1.807, 2.05) is 82.6 Å². The second-order valence-corrected chi connectivity index (χ2v) is 13.5. The second kappa shape index (κ2) is 15.1. The fourth-order valence-corrected chi connectivity index (χ4v) is 6.78. The van der Waals surface area contributed by atoms with E-state index in [2.05, 4.69) is 56.7 Å². The van der Waals surface area contributed by atoms with Gasteiger partial charge in [-0.3, -0.25) is 9.59 Å². The zero-order chi connectivity index (χ0) is 35.4. The van der Waals surface area contributed by atoms with Gasteiger partial charge < -0.3 is 29.1 Å². The Morgan fingerprint density at radius 2 is 1.26 bits per heavy atom. The first-order chi connectivity index (χ1) is 24.1. The van der Waals surface area contributed by atoms with Crippen LogP contribution in [0.3, 0.4) is 0 Å². The molecule has 0 radical (unpaired) electrons. The molecule has 4 aromatic carbocycles. The number of hydrogen-bond donors (Lipinski definition) is 1. The summed E-state index contributed by atoms with van der Waals surface area (Å²) in [5.74, 6) is 0.0132. The highest BCUT2D eigenvalue weighted by atomic mass is 16.5. The molecular weight excluding hydrogens is 624 g/mol. The van der Waals surface area contributed by atoms with Crippen molar-refractivity contribution in [2.24, 2.45) is 7.05 Å². The van der Waals surface area contributed by atoms with Crippen LogP contribution in [-0.4, -0.2) is 90.6 Å². The van der Waals surface area contributed by atoms with Gasteiger partial charge in [0, 0.05) is 31.9 Å². The summed E-state index contributed by atoms with van der Waals surface area (Å²) in [7, 11) is 9.99. The number of amides is 2. The minimum Gasteiger partial charge on any atom is -0.360 e. The van der Waals surface area contributed by atoms with Crippen molar-refractivity contribution in [2.75, 3.05) is 59.7 Å². The molecule has 0 bridgehead atoms. The largest absolute Gasteiger partial charge is 0.360 e. The van der Waals surface area contributed by atoms with E-state index in [1.54, 1.807) is 23.8 Å². The molecule has 0 fully saturated rings. The van der Waals surface area contributed by atoms with Gasteiger partial charge in [-0.15, -0.1) is 0 Å². The molecule has 6 aromatic rings. The number of benzene rings is 4. The first-order valence-corrected chi connectivity index (χ1v) is 17.2. The van der Waals surface area contributed by atoms with E-state index in [0.717, 1.165) is 64.2 Å². The summed E-state index contributed by atoms with van der Waals surface area (Å²) >= 11 is 0. The van der Waals surface area contributed by atoms with E-state index in [-0.39, 0.29) is 11.8 Å². The molecule has 0 saturated carbocycles. The zero-order valence-electron chi connectivity index (χ0n) is 29.9. The van der Waals surface area contributed by atoms with E-state index >= 15 is 0 Å². The van der Waals surface area contributed by atoms with E-state index in [9.17, 15) is 9.59 Å².